The van der Waals surface area contributed by atoms with E-state index in [1.165, 1.54) is 0 Å². The zero-order valence-electron chi connectivity index (χ0n) is 19.1. The molecular weight excluding hydrogens is 459 g/mol. The summed E-state index contributed by atoms with van der Waals surface area (Å²) < 4.78 is 49.4. The maximum atomic E-state index is 12.7. The quantitative estimate of drug-likeness (QED) is 0.474. The molecule has 1 amide bonds. The van der Waals surface area contributed by atoms with Crippen LogP contribution in [0.15, 0.2) is 36.4 Å². The Morgan fingerprint density at radius 1 is 1.06 bits per heavy atom. The topological polar surface area (TPSA) is 54.0 Å². The van der Waals surface area contributed by atoms with E-state index in [0.29, 0.717) is 18.0 Å². The van der Waals surface area contributed by atoms with E-state index in [-0.39, 0.29) is 10.8 Å². The minimum atomic E-state index is -4.51. The van der Waals surface area contributed by atoms with Gasteiger partial charge in [0, 0.05) is 26.7 Å². The van der Waals surface area contributed by atoms with Crippen molar-refractivity contribution in [1.82, 2.24) is 4.90 Å². The SMILES string of the molecule is CCN(CC)CCOc1ccc(NC(=O)COc2ccc(C(F)(F)F)cc2Cl)c(N(C)C)c1. The fraction of sp³-hybridized carbons (Fsp3) is 0.435. The van der Waals surface area contributed by atoms with Crippen LogP contribution in [-0.4, -0.2) is 57.8 Å². The number of likely N-dealkylation sites (N-methyl/N-ethyl adjacent to an activating group) is 1. The first-order chi connectivity index (χ1) is 15.5. The van der Waals surface area contributed by atoms with Crippen LogP contribution in [-0.2, 0) is 11.0 Å². The van der Waals surface area contributed by atoms with Crippen LogP contribution in [0.1, 0.15) is 19.4 Å². The predicted octanol–water partition coefficient (Wildman–Crippen LogP) is 5.16. The molecule has 0 bridgehead atoms. The summed E-state index contributed by atoms with van der Waals surface area (Å²) in [5.41, 5.74) is 0.388. The van der Waals surface area contributed by atoms with Crippen molar-refractivity contribution >= 4 is 28.9 Å². The van der Waals surface area contributed by atoms with Crippen LogP contribution in [0, 0.1) is 0 Å². The van der Waals surface area contributed by atoms with Gasteiger partial charge in [0.2, 0.25) is 0 Å². The molecule has 2 rings (SSSR count). The van der Waals surface area contributed by atoms with Crippen LogP contribution in [0.5, 0.6) is 11.5 Å². The van der Waals surface area contributed by atoms with Crippen molar-refractivity contribution in [2.45, 2.75) is 20.0 Å². The molecule has 2 aromatic rings. The minimum Gasteiger partial charge on any atom is -0.492 e. The molecule has 0 heterocycles. The highest BCUT2D eigenvalue weighted by Crippen LogP contribution is 2.35. The van der Waals surface area contributed by atoms with Crippen molar-refractivity contribution < 1.29 is 27.4 Å². The first kappa shape index (κ1) is 26.6. The lowest BCUT2D eigenvalue weighted by Crippen LogP contribution is -2.28. The van der Waals surface area contributed by atoms with Gasteiger partial charge in [0.25, 0.3) is 5.91 Å². The Kier molecular flexibility index (Phi) is 9.67. The Morgan fingerprint density at radius 2 is 1.76 bits per heavy atom. The fourth-order valence-electron chi connectivity index (χ4n) is 3.03. The van der Waals surface area contributed by atoms with E-state index in [1.54, 1.807) is 12.1 Å². The van der Waals surface area contributed by atoms with Crippen LogP contribution < -0.4 is 19.7 Å². The highest BCUT2D eigenvalue weighted by Gasteiger charge is 2.31. The first-order valence-corrected chi connectivity index (χ1v) is 10.9. The number of amides is 1. The number of nitrogens with one attached hydrogen (secondary N) is 1. The van der Waals surface area contributed by atoms with Crippen LogP contribution >= 0.6 is 11.6 Å². The van der Waals surface area contributed by atoms with E-state index in [1.807, 2.05) is 25.1 Å². The number of rotatable bonds is 11. The molecule has 2 aromatic carbocycles. The van der Waals surface area contributed by atoms with Crippen molar-refractivity contribution in [1.29, 1.82) is 0 Å². The third-order valence-corrected chi connectivity index (χ3v) is 5.21. The highest BCUT2D eigenvalue weighted by atomic mass is 35.5. The molecule has 33 heavy (non-hydrogen) atoms. The second-order valence-electron chi connectivity index (χ2n) is 7.43. The molecule has 6 nitrogen and oxygen atoms in total. The summed E-state index contributed by atoms with van der Waals surface area (Å²) in [6.07, 6.45) is -4.51. The van der Waals surface area contributed by atoms with Gasteiger partial charge in [0.1, 0.15) is 18.1 Å². The first-order valence-electron chi connectivity index (χ1n) is 10.5. The van der Waals surface area contributed by atoms with E-state index in [0.717, 1.165) is 43.5 Å². The fourth-order valence-corrected chi connectivity index (χ4v) is 3.27. The maximum Gasteiger partial charge on any atom is 0.416 e. The smallest absolute Gasteiger partial charge is 0.416 e. The summed E-state index contributed by atoms with van der Waals surface area (Å²) in [4.78, 5) is 16.5. The van der Waals surface area contributed by atoms with Gasteiger partial charge < -0.3 is 24.6 Å². The van der Waals surface area contributed by atoms with E-state index >= 15 is 0 Å². The monoisotopic (exact) mass is 487 g/mol. The molecule has 0 unspecified atom stereocenters. The zero-order chi connectivity index (χ0) is 24.6. The van der Waals surface area contributed by atoms with Crippen LogP contribution in [0.25, 0.3) is 0 Å². The molecule has 0 atom stereocenters. The second kappa shape index (κ2) is 12.0. The van der Waals surface area contributed by atoms with Crippen LogP contribution in [0.2, 0.25) is 5.02 Å². The molecule has 0 aliphatic carbocycles. The van der Waals surface area contributed by atoms with Crippen LogP contribution in [0.4, 0.5) is 24.5 Å². The Hall–Kier alpha value is -2.65. The molecule has 0 aromatic heterocycles. The molecule has 0 saturated heterocycles. The van der Waals surface area contributed by atoms with E-state index in [4.69, 9.17) is 21.1 Å². The van der Waals surface area contributed by atoms with Gasteiger partial charge >= 0.3 is 6.18 Å². The summed E-state index contributed by atoms with van der Waals surface area (Å²) in [5, 5.41) is 2.52. The molecule has 0 aliphatic rings. The molecule has 0 aliphatic heterocycles. The van der Waals surface area contributed by atoms with E-state index < -0.39 is 24.3 Å². The standard InChI is InChI=1S/C23H29ClF3N3O3/c1-5-30(6-2)11-12-32-17-8-9-19(20(14-17)29(3)4)28-22(31)15-33-21-10-7-16(13-18(21)24)23(25,26)27/h7-10,13-14H,5-6,11-12,15H2,1-4H3,(H,28,31). The molecule has 1 N–H and O–H groups in total. The molecule has 0 saturated carbocycles. The Labute approximate surface area is 197 Å². The van der Waals surface area contributed by atoms with Crippen molar-refractivity contribution in [3.8, 4) is 11.5 Å². The molecule has 0 radical (unpaired) electrons. The third kappa shape index (κ3) is 8.01. The maximum absolute atomic E-state index is 12.7. The van der Waals surface area contributed by atoms with E-state index in [9.17, 15) is 18.0 Å². The number of benzene rings is 2. The number of carbonyl (C=O) groups is 1. The molecule has 10 heteroatoms. The van der Waals surface area contributed by atoms with Gasteiger partial charge in [0.05, 0.1) is 22.0 Å². The summed E-state index contributed by atoms with van der Waals surface area (Å²) in [6.45, 7) is 7.04. The summed E-state index contributed by atoms with van der Waals surface area (Å²) in [5.74, 6) is 0.186. The van der Waals surface area contributed by atoms with Crippen molar-refractivity contribution in [3.63, 3.8) is 0 Å². The lowest BCUT2D eigenvalue weighted by Gasteiger charge is -2.21. The number of anilines is 2. The number of ether oxygens (including phenoxy) is 2. The van der Waals surface area contributed by atoms with Gasteiger partial charge in [0.15, 0.2) is 6.61 Å². The number of alkyl halides is 3. The van der Waals surface area contributed by atoms with Gasteiger partial charge in [-0.15, -0.1) is 0 Å². The summed E-state index contributed by atoms with van der Waals surface area (Å²) in [7, 11) is 3.67. The summed E-state index contributed by atoms with van der Waals surface area (Å²) >= 11 is 5.86. The third-order valence-electron chi connectivity index (χ3n) is 4.91. The van der Waals surface area contributed by atoms with Gasteiger partial charge in [-0.25, -0.2) is 0 Å². The van der Waals surface area contributed by atoms with Crippen molar-refractivity contribution in [3.05, 3.63) is 47.0 Å². The Balaban J connectivity index is 1.99. The Bertz CT molecular complexity index is 935. The number of carbonyl (C=O) groups excluding carboxylic acids is 1. The average Bonchev–Trinajstić information content (AvgIpc) is 2.76. The number of halogens is 4. The Morgan fingerprint density at radius 3 is 2.33 bits per heavy atom. The van der Waals surface area contributed by atoms with Gasteiger partial charge in [-0.2, -0.15) is 13.2 Å². The zero-order valence-corrected chi connectivity index (χ0v) is 19.9. The normalized spacial score (nSPS) is 11.4. The predicted molar refractivity (Wildman–Crippen MR) is 125 cm³/mol. The average molecular weight is 488 g/mol. The van der Waals surface area contributed by atoms with Crippen molar-refractivity contribution in [2.75, 3.05) is 57.2 Å². The van der Waals surface area contributed by atoms with Crippen molar-refractivity contribution in [2.24, 2.45) is 0 Å². The lowest BCUT2D eigenvalue weighted by molar-refractivity contribution is -0.137. The number of hydrogen-bond donors (Lipinski definition) is 1. The van der Waals surface area contributed by atoms with E-state index in [2.05, 4.69) is 24.1 Å². The number of hydrogen-bond acceptors (Lipinski definition) is 5. The van der Waals surface area contributed by atoms with Crippen LogP contribution in [0.3, 0.4) is 0 Å². The minimum absolute atomic E-state index is 0.00963. The number of nitrogens with zero attached hydrogens (tertiary/aromatic N) is 2. The molecule has 0 spiro atoms. The van der Waals surface area contributed by atoms with Gasteiger partial charge in [-0.05, 0) is 43.4 Å². The second-order valence-corrected chi connectivity index (χ2v) is 7.84. The largest absolute Gasteiger partial charge is 0.492 e. The molecular formula is C23H29ClF3N3O3. The highest BCUT2D eigenvalue weighted by molar-refractivity contribution is 6.32. The molecule has 0 fully saturated rings. The summed E-state index contributed by atoms with van der Waals surface area (Å²) in [6, 6.07) is 8.02. The lowest BCUT2D eigenvalue weighted by atomic mass is 10.2. The van der Waals surface area contributed by atoms with Gasteiger partial charge in [-0.3, -0.25) is 4.79 Å². The van der Waals surface area contributed by atoms with Gasteiger partial charge in [-0.1, -0.05) is 25.4 Å². The molecule has 182 valence electrons.